The monoisotopic (exact) mass is 280 g/mol. The maximum Gasteiger partial charge on any atom is 0.138 e. The molecule has 2 aromatic heterocycles. The van der Waals surface area contributed by atoms with Gasteiger partial charge < -0.3 is 5.32 Å². The van der Waals surface area contributed by atoms with E-state index in [1.165, 1.54) is 18.4 Å². The molecule has 2 aromatic rings. The van der Waals surface area contributed by atoms with E-state index in [0.717, 1.165) is 36.7 Å². The number of nitrogens with zero attached hydrogens (tertiary/aromatic N) is 3. The van der Waals surface area contributed by atoms with E-state index in [0.29, 0.717) is 0 Å². The number of fused-ring (bicyclic) bond motifs is 2. The van der Waals surface area contributed by atoms with E-state index < -0.39 is 0 Å². The Bertz CT molecular complexity index is 632. The molecule has 4 nitrogen and oxygen atoms in total. The van der Waals surface area contributed by atoms with Crippen LogP contribution in [0.25, 0.3) is 5.82 Å². The molecule has 0 radical (unpaired) electrons. The standard InChI is InChI=1S/C17H20N4/c1-2-15-7-13(1)8-16(15)11-19-10-14-3-4-20-17(9-14)21-6-5-18-12-21/h1-6,9,12-13,15-16,19H,7-8,10-11H2. The summed E-state index contributed by atoms with van der Waals surface area (Å²) >= 11 is 0. The van der Waals surface area contributed by atoms with E-state index in [9.17, 15) is 0 Å². The highest BCUT2D eigenvalue weighted by molar-refractivity contribution is 5.27. The summed E-state index contributed by atoms with van der Waals surface area (Å²) in [5.41, 5.74) is 1.27. The minimum atomic E-state index is 0.821. The highest BCUT2D eigenvalue weighted by Gasteiger charge is 2.34. The molecule has 0 amide bonds. The van der Waals surface area contributed by atoms with Crippen LogP contribution in [0.1, 0.15) is 18.4 Å². The summed E-state index contributed by atoms with van der Waals surface area (Å²) in [5, 5.41) is 3.61. The fourth-order valence-corrected chi connectivity index (χ4v) is 3.64. The average molecular weight is 280 g/mol. The summed E-state index contributed by atoms with van der Waals surface area (Å²) in [6, 6.07) is 4.20. The van der Waals surface area contributed by atoms with E-state index in [2.05, 4.69) is 39.6 Å². The van der Waals surface area contributed by atoms with Crippen LogP contribution in [0.3, 0.4) is 0 Å². The summed E-state index contributed by atoms with van der Waals surface area (Å²) in [4.78, 5) is 8.45. The minimum absolute atomic E-state index is 0.821. The van der Waals surface area contributed by atoms with Crippen molar-refractivity contribution in [2.75, 3.05) is 6.54 Å². The molecule has 4 heteroatoms. The highest BCUT2D eigenvalue weighted by atomic mass is 15.1. The van der Waals surface area contributed by atoms with Crippen molar-refractivity contribution in [3.63, 3.8) is 0 Å². The van der Waals surface area contributed by atoms with Gasteiger partial charge in [0.2, 0.25) is 0 Å². The van der Waals surface area contributed by atoms with Gasteiger partial charge in [-0.05, 0) is 54.8 Å². The van der Waals surface area contributed by atoms with Crippen molar-refractivity contribution < 1.29 is 0 Å². The lowest BCUT2D eigenvalue weighted by Gasteiger charge is -2.18. The van der Waals surface area contributed by atoms with Gasteiger partial charge >= 0.3 is 0 Å². The molecule has 0 aliphatic heterocycles. The van der Waals surface area contributed by atoms with Gasteiger partial charge in [0.25, 0.3) is 0 Å². The lowest BCUT2D eigenvalue weighted by Crippen LogP contribution is -2.25. The lowest BCUT2D eigenvalue weighted by atomic mass is 9.93. The van der Waals surface area contributed by atoms with Crippen molar-refractivity contribution in [1.29, 1.82) is 0 Å². The molecule has 108 valence electrons. The second-order valence-electron chi connectivity index (χ2n) is 6.16. The molecule has 2 aliphatic carbocycles. The van der Waals surface area contributed by atoms with Gasteiger partial charge in [0, 0.05) is 25.1 Å². The quantitative estimate of drug-likeness (QED) is 0.856. The number of allylic oxidation sites excluding steroid dienone is 2. The molecule has 2 aliphatic rings. The molecule has 1 N–H and O–H groups in total. The zero-order valence-corrected chi connectivity index (χ0v) is 12.0. The molecule has 2 heterocycles. The summed E-state index contributed by atoms with van der Waals surface area (Å²) in [5.74, 6) is 3.43. The van der Waals surface area contributed by atoms with Gasteiger partial charge in [-0.1, -0.05) is 12.2 Å². The first-order chi connectivity index (χ1) is 10.4. The zero-order valence-electron chi connectivity index (χ0n) is 12.0. The summed E-state index contributed by atoms with van der Waals surface area (Å²) in [6.07, 6.45) is 14.9. The van der Waals surface area contributed by atoms with Crippen molar-refractivity contribution in [2.45, 2.75) is 19.4 Å². The molecule has 2 bridgehead atoms. The summed E-state index contributed by atoms with van der Waals surface area (Å²) < 4.78 is 1.93. The van der Waals surface area contributed by atoms with E-state index in [-0.39, 0.29) is 0 Å². The molecule has 1 fully saturated rings. The Morgan fingerprint density at radius 3 is 3.00 bits per heavy atom. The predicted molar refractivity (Wildman–Crippen MR) is 81.9 cm³/mol. The fraction of sp³-hybridized carbons (Fsp3) is 0.412. The van der Waals surface area contributed by atoms with Crippen molar-refractivity contribution >= 4 is 0 Å². The molecule has 3 unspecified atom stereocenters. The Balaban J connectivity index is 1.35. The Hall–Kier alpha value is -1.94. The van der Waals surface area contributed by atoms with Crippen molar-refractivity contribution in [3.05, 3.63) is 54.8 Å². The molecule has 21 heavy (non-hydrogen) atoms. The number of imidazole rings is 1. The Morgan fingerprint density at radius 2 is 2.24 bits per heavy atom. The van der Waals surface area contributed by atoms with Crippen molar-refractivity contribution in [3.8, 4) is 5.82 Å². The molecule has 3 atom stereocenters. The molecule has 1 saturated carbocycles. The van der Waals surface area contributed by atoms with Crippen molar-refractivity contribution in [1.82, 2.24) is 19.9 Å². The largest absolute Gasteiger partial charge is 0.312 e. The molecule has 0 spiro atoms. The Labute approximate surface area is 124 Å². The maximum absolute atomic E-state index is 4.38. The van der Waals surface area contributed by atoms with Crippen LogP contribution in [-0.2, 0) is 6.54 Å². The number of hydrogen-bond donors (Lipinski definition) is 1. The maximum atomic E-state index is 4.38. The average Bonchev–Trinajstić information content (AvgIpc) is 3.25. The molecule has 0 aromatic carbocycles. The first-order valence-corrected chi connectivity index (χ1v) is 7.71. The Kier molecular flexibility index (Phi) is 3.31. The molecular weight excluding hydrogens is 260 g/mol. The number of aromatic nitrogens is 3. The summed E-state index contributed by atoms with van der Waals surface area (Å²) in [7, 11) is 0. The van der Waals surface area contributed by atoms with Crippen LogP contribution in [0.2, 0.25) is 0 Å². The number of rotatable bonds is 5. The van der Waals surface area contributed by atoms with Gasteiger partial charge in [-0.15, -0.1) is 0 Å². The first kappa shape index (κ1) is 12.8. The van der Waals surface area contributed by atoms with Gasteiger partial charge in [0.15, 0.2) is 0 Å². The Morgan fingerprint density at radius 1 is 1.24 bits per heavy atom. The highest BCUT2D eigenvalue weighted by Crippen LogP contribution is 2.42. The van der Waals surface area contributed by atoms with Crippen LogP contribution in [0.4, 0.5) is 0 Å². The third-order valence-corrected chi connectivity index (χ3v) is 4.73. The van der Waals surface area contributed by atoms with Crippen LogP contribution in [0.5, 0.6) is 0 Å². The lowest BCUT2D eigenvalue weighted by molar-refractivity contribution is 0.414. The van der Waals surface area contributed by atoms with Gasteiger partial charge in [-0.25, -0.2) is 9.97 Å². The number of nitrogens with one attached hydrogen (secondary N) is 1. The second kappa shape index (κ2) is 5.45. The molecule has 0 saturated heterocycles. The smallest absolute Gasteiger partial charge is 0.138 e. The van der Waals surface area contributed by atoms with Crippen LogP contribution in [0.15, 0.2) is 49.2 Å². The zero-order chi connectivity index (χ0) is 14.1. The molecule has 4 rings (SSSR count). The minimum Gasteiger partial charge on any atom is -0.312 e. The third kappa shape index (κ3) is 2.63. The first-order valence-electron chi connectivity index (χ1n) is 7.71. The fourth-order valence-electron chi connectivity index (χ4n) is 3.64. The summed E-state index contributed by atoms with van der Waals surface area (Å²) in [6.45, 7) is 2.02. The van der Waals surface area contributed by atoms with E-state index in [1.54, 1.807) is 12.5 Å². The van der Waals surface area contributed by atoms with Crippen LogP contribution >= 0.6 is 0 Å². The van der Waals surface area contributed by atoms with Gasteiger partial charge in [0.05, 0.1) is 0 Å². The second-order valence-corrected chi connectivity index (χ2v) is 6.16. The van der Waals surface area contributed by atoms with Gasteiger partial charge in [0.1, 0.15) is 12.1 Å². The molecular formula is C17H20N4. The van der Waals surface area contributed by atoms with Crippen LogP contribution in [0, 0.1) is 17.8 Å². The SMILES string of the molecule is C1=CC2CC1CC2CNCc1ccnc(-n2ccnc2)c1. The number of hydrogen-bond acceptors (Lipinski definition) is 3. The normalized spacial score (nSPS) is 26.6. The topological polar surface area (TPSA) is 42.7 Å². The van der Waals surface area contributed by atoms with E-state index in [4.69, 9.17) is 0 Å². The van der Waals surface area contributed by atoms with Crippen LogP contribution in [-0.4, -0.2) is 21.1 Å². The predicted octanol–water partition coefficient (Wildman–Crippen LogP) is 2.57. The van der Waals surface area contributed by atoms with Crippen molar-refractivity contribution in [2.24, 2.45) is 17.8 Å². The number of pyridine rings is 1. The van der Waals surface area contributed by atoms with Crippen LogP contribution < -0.4 is 5.32 Å². The van der Waals surface area contributed by atoms with E-state index in [1.807, 2.05) is 17.0 Å². The van der Waals surface area contributed by atoms with Gasteiger partial charge in [-0.2, -0.15) is 0 Å². The third-order valence-electron chi connectivity index (χ3n) is 4.73. The van der Waals surface area contributed by atoms with Gasteiger partial charge in [-0.3, -0.25) is 4.57 Å². The van der Waals surface area contributed by atoms with E-state index >= 15 is 0 Å².